The highest BCUT2D eigenvalue weighted by molar-refractivity contribution is 5.95. The fourth-order valence-electron chi connectivity index (χ4n) is 4.49. The second kappa shape index (κ2) is 11.8. The number of carbonyl (C=O) groups excluding carboxylic acids is 3. The molecule has 2 aliphatic rings. The molecule has 0 bridgehead atoms. The van der Waals surface area contributed by atoms with Crippen molar-refractivity contribution >= 4 is 18.0 Å². The molecular formula is C27H41N5O4. The van der Waals surface area contributed by atoms with Crippen LogP contribution in [0.25, 0.3) is 0 Å². The number of urea groups is 2. The van der Waals surface area contributed by atoms with E-state index in [-0.39, 0.29) is 24.1 Å². The second-order valence-electron chi connectivity index (χ2n) is 10.4. The first-order valence-electron chi connectivity index (χ1n) is 12.9. The van der Waals surface area contributed by atoms with Gasteiger partial charge in [-0.05, 0) is 29.9 Å². The van der Waals surface area contributed by atoms with E-state index in [2.05, 4.69) is 36.3 Å². The zero-order valence-electron chi connectivity index (χ0n) is 22.5. The summed E-state index contributed by atoms with van der Waals surface area (Å²) in [4.78, 5) is 44.0. The number of nitrogens with zero attached hydrogens (tertiary/aromatic N) is 3. The van der Waals surface area contributed by atoms with Gasteiger partial charge < -0.3 is 20.3 Å². The van der Waals surface area contributed by atoms with Gasteiger partial charge >= 0.3 is 18.0 Å². The van der Waals surface area contributed by atoms with Crippen LogP contribution in [0.4, 0.5) is 9.59 Å². The number of esters is 1. The number of nitrogens with one attached hydrogen (secondary N) is 2. The lowest BCUT2D eigenvalue weighted by molar-refractivity contribution is -0.139. The van der Waals surface area contributed by atoms with Crippen LogP contribution in [-0.2, 0) is 14.9 Å². The van der Waals surface area contributed by atoms with Gasteiger partial charge in [0.25, 0.3) is 0 Å². The SMILES string of the molecule is CCCNC(=O)N1CCN(CC2=C(C(=O)OCC)[C@@H](c3ccc(C(C)(C)C)cc3)NC(=O)N2C)CC1. The van der Waals surface area contributed by atoms with Crippen LogP contribution in [0, 0.1) is 0 Å². The summed E-state index contributed by atoms with van der Waals surface area (Å²) in [6.07, 6.45) is 0.894. The highest BCUT2D eigenvalue weighted by atomic mass is 16.5. The standard InChI is InChI=1S/C27H41N5O4/c1-7-13-28-25(34)32-16-14-31(15-17-32)18-21-22(24(33)36-8-2)23(29-26(35)30(21)6)19-9-11-20(12-10-19)27(3,4)5/h9-12,23H,7-8,13-18H2,1-6H3,(H,28,34)(H,29,35)/t23-/m1/s1. The van der Waals surface area contributed by atoms with Gasteiger partial charge in [0.05, 0.1) is 18.2 Å². The lowest BCUT2D eigenvalue weighted by atomic mass is 9.85. The summed E-state index contributed by atoms with van der Waals surface area (Å²) >= 11 is 0. The van der Waals surface area contributed by atoms with Crippen LogP contribution >= 0.6 is 0 Å². The molecule has 0 aliphatic carbocycles. The molecular weight excluding hydrogens is 458 g/mol. The van der Waals surface area contributed by atoms with Crippen molar-refractivity contribution in [2.24, 2.45) is 0 Å². The molecule has 0 unspecified atom stereocenters. The van der Waals surface area contributed by atoms with Crippen LogP contribution in [0.1, 0.15) is 58.2 Å². The third kappa shape index (κ3) is 6.37. The number of rotatable bonds is 7. The predicted molar refractivity (Wildman–Crippen MR) is 140 cm³/mol. The minimum atomic E-state index is -0.599. The summed E-state index contributed by atoms with van der Waals surface area (Å²) in [7, 11) is 1.68. The van der Waals surface area contributed by atoms with Crippen molar-refractivity contribution in [3.8, 4) is 0 Å². The molecule has 2 N–H and O–H groups in total. The maximum atomic E-state index is 13.2. The Bertz CT molecular complexity index is 975. The Labute approximate surface area is 214 Å². The highest BCUT2D eigenvalue weighted by Crippen LogP contribution is 2.33. The van der Waals surface area contributed by atoms with E-state index in [1.54, 1.807) is 14.0 Å². The van der Waals surface area contributed by atoms with Crippen molar-refractivity contribution in [3.05, 3.63) is 46.7 Å². The van der Waals surface area contributed by atoms with Gasteiger partial charge in [-0.2, -0.15) is 0 Å². The van der Waals surface area contributed by atoms with Crippen molar-refractivity contribution in [2.75, 3.05) is 52.9 Å². The molecule has 1 fully saturated rings. The molecule has 36 heavy (non-hydrogen) atoms. The molecule has 9 nitrogen and oxygen atoms in total. The number of benzene rings is 1. The number of amides is 4. The van der Waals surface area contributed by atoms with Gasteiger partial charge in [-0.15, -0.1) is 0 Å². The van der Waals surface area contributed by atoms with Gasteiger partial charge in [-0.25, -0.2) is 14.4 Å². The molecule has 0 saturated carbocycles. The van der Waals surface area contributed by atoms with E-state index >= 15 is 0 Å². The Hall–Kier alpha value is -3.07. The van der Waals surface area contributed by atoms with Crippen LogP contribution < -0.4 is 10.6 Å². The molecule has 2 heterocycles. The monoisotopic (exact) mass is 499 g/mol. The maximum Gasteiger partial charge on any atom is 0.338 e. The smallest absolute Gasteiger partial charge is 0.338 e. The average Bonchev–Trinajstić information content (AvgIpc) is 2.85. The summed E-state index contributed by atoms with van der Waals surface area (Å²) in [6.45, 7) is 14.0. The van der Waals surface area contributed by atoms with Crippen LogP contribution in [0.3, 0.4) is 0 Å². The highest BCUT2D eigenvalue weighted by Gasteiger charge is 2.38. The quantitative estimate of drug-likeness (QED) is 0.562. The van der Waals surface area contributed by atoms with Gasteiger partial charge in [0.15, 0.2) is 0 Å². The Morgan fingerprint density at radius 3 is 2.28 bits per heavy atom. The topological polar surface area (TPSA) is 94.2 Å². The Morgan fingerprint density at radius 2 is 1.72 bits per heavy atom. The van der Waals surface area contributed by atoms with E-state index in [1.165, 1.54) is 10.5 Å². The predicted octanol–water partition coefficient (Wildman–Crippen LogP) is 3.23. The Morgan fingerprint density at radius 1 is 1.08 bits per heavy atom. The molecule has 1 aromatic carbocycles. The van der Waals surface area contributed by atoms with Crippen molar-refractivity contribution in [3.63, 3.8) is 0 Å². The molecule has 0 spiro atoms. The Kier molecular flexibility index (Phi) is 9.00. The summed E-state index contributed by atoms with van der Waals surface area (Å²) < 4.78 is 5.45. The second-order valence-corrected chi connectivity index (χ2v) is 10.4. The third-order valence-corrected chi connectivity index (χ3v) is 6.74. The van der Waals surface area contributed by atoms with E-state index in [4.69, 9.17) is 4.74 Å². The molecule has 1 saturated heterocycles. The fraction of sp³-hybridized carbons (Fsp3) is 0.593. The van der Waals surface area contributed by atoms with E-state index in [9.17, 15) is 14.4 Å². The van der Waals surface area contributed by atoms with E-state index in [0.29, 0.717) is 50.5 Å². The normalized spacial score (nSPS) is 19.3. The van der Waals surface area contributed by atoms with E-state index < -0.39 is 12.0 Å². The molecule has 1 aromatic rings. The summed E-state index contributed by atoms with van der Waals surface area (Å²) in [5.74, 6) is -0.429. The molecule has 4 amide bonds. The lowest BCUT2D eigenvalue weighted by Gasteiger charge is -2.39. The van der Waals surface area contributed by atoms with Crippen molar-refractivity contribution in [1.82, 2.24) is 25.3 Å². The number of ether oxygens (including phenoxy) is 1. The van der Waals surface area contributed by atoms with Crippen LogP contribution in [-0.4, -0.2) is 85.7 Å². The molecule has 3 rings (SSSR count). The van der Waals surface area contributed by atoms with E-state index in [0.717, 1.165) is 12.0 Å². The number of hydrogen-bond donors (Lipinski definition) is 2. The molecule has 198 valence electrons. The largest absolute Gasteiger partial charge is 0.463 e. The zero-order chi connectivity index (χ0) is 26.5. The van der Waals surface area contributed by atoms with Crippen molar-refractivity contribution < 1.29 is 19.1 Å². The molecule has 2 aliphatic heterocycles. The minimum absolute atomic E-state index is 0.00484. The van der Waals surface area contributed by atoms with Gasteiger partial charge in [0.1, 0.15) is 0 Å². The van der Waals surface area contributed by atoms with Gasteiger partial charge in [-0.3, -0.25) is 9.80 Å². The van der Waals surface area contributed by atoms with Crippen LogP contribution in [0.5, 0.6) is 0 Å². The first-order valence-corrected chi connectivity index (χ1v) is 12.9. The molecule has 0 aromatic heterocycles. The first kappa shape index (κ1) is 27.5. The molecule has 0 radical (unpaired) electrons. The van der Waals surface area contributed by atoms with Crippen LogP contribution in [0.2, 0.25) is 0 Å². The third-order valence-electron chi connectivity index (χ3n) is 6.74. The molecule has 9 heteroatoms. The van der Waals surface area contributed by atoms with Crippen LogP contribution in [0.15, 0.2) is 35.5 Å². The molecule has 1 atom stereocenters. The van der Waals surface area contributed by atoms with Gasteiger partial charge in [-0.1, -0.05) is 52.0 Å². The maximum absolute atomic E-state index is 13.2. The van der Waals surface area contributed by atoms with E-state index in [1.807, 2.05) is 36.1 Å². The number of likely N-dealkylation sites (N-methyl/N-ethyl adjacent to an activating group) is 1. The van der Waals surface area contributed by atoms with Gasteiger partial charge in [0, 0.05) is 52.0 Å². The zero-order valence-corrected chi connectivity index (χ0v) is 22.5. The fourth-order valence-corrected chi connectivity index (χ4v) is 4.49. The lowest BCUT2D eigenvalue weighted by Crippen LogP contribution is -2.54. The summed E-state index contributed by atoms with van der Waals surface area (Å²) in [6, 6.07) is 7.13. The number of piperazine rings is 1. The van der Waals surface area contributed by atoms with Crippen molar-refractivity contribution in [2.45, 2.75) is 52.5 Å². The Balaban J connectivity index is 1.87. The number of hydrogen-bond acceptors (Lipinski definition) is 5. The summed E-state index contributed by atoms with van der Waals surface area (Å²) in [5.41, 5.74) is 3.09. The average molecular weight is 500 g/mol. The van der Waals surface area contributed by atoms with Gasteiger partial charge in [0.2, 0.25) is 0 Å². The summed E-state index contributed by atoms with van der Waals surface area (Å²) in [5, 5.41) is 5.91. The number of carbonyl (C=O) groups is 3. The van der Waals surface area contributed by atoms with Crippen molar-refractivity contribution in [1.29, 1.82) is 0 Å². The minimum Gasteiger partial charge on any atom is -0.463 e. The first-order chi connectivity index (χ1) is 17.1.